The predicted molar refractivity (Wildman–Crippen MR) is 80.9 cm³/mol. The zero-order valence-electron chi connectivity index (χ0n) is 9.50. The van der Waals surface area contributed by atoms with Gasteiger partial charge in [-0.05, 0) is 34.1 Å². The number of rotatable bonds is 4. The SMILES string of the molecule is NCC(Oc1cc(F)c(Cl)cc1Br)c1ccc(Cl)s1. The Morgan fingerprint density at radius 1 is 1.37 bits per heavy atom. The smallest absolute Gasteiger partial charge is 0.145 e. The monoisotopic (exact) mass is 383 g/mol. The maximum Gasteiger partial charge on any atom is 0.145 e. The Morgan fingerprint density at radius 2 is 2.11 bits per heavy atom. The van der Waals surface area contributed by atoms with Crippen LogP contribution in [0.25, 0.3) is 0 Å². The summed E-state index contributed by atoms with van der Waals surface area (Å²) in [6, 6.07) is 6.28. The van der Waals surface area contributed by atoms with E-state index in [0.29, 0.717) is 14.6 Å². The van der Waals surface area contributed by atoms with Crippen molar-refractivity contribution >= 4 is 50.5 Å². The minimum absolute atomic E-state index is 0.0303. The Morgan fingerprint density at radius 3 is 2.68 bits per heavy atom. The predicted octanol–water partition coefficient (Wildman–Crippen LogP) is 5.04. The van der Waals surface area contributed by atoms with Crippen LogP contribution in [-0.2, 0) is 0 Å². The first-order chi connectivity index (χ1) is 9.01. The summed E-state index contributed by atoms with van der Waals surface area (Å²) in [4.78, 5) is 0.884. The average Bonchev–Trinajstić information content (AvgIpc) is 2.78. The molecule has 1 unspecified atom stereocenters. The number of nitrogens with two attached hydrogens (primary N) is 1. The van der Waals surface area contributed by atoms with E-state index in [4.69, 9.17) is 33.7 Å². The van der Waals surface area contributed by atoms with Crippen molar-refractivity contribution in [2.75, 3.05) is 6.54 Å². The molecule has 0 spiro atoms. The van der Waals surface area contributed by atoms with Crippen LogP contribution < -0.4 is 10.5 Å². The van der Waals surface area contributed by atoms with Crippen LogP contribution in [0.4, 0.5) is 4.39 Å². The molecule has 102 valence electrons. The van der Waals surface area contributed by atoms with Gasteiger partial charge in [0.25, 0.3) is 0 Å². The van der Waals surface area contributed by atoms with Crippen molar-refractivity contribution in [3.63, 3.8) is 0 Å². The number of halogens is 4. The molecule has 1 aromatic carbocycles. The molecule has 0 saturated heterocycles. The van der Waals surface area contributed by atoms with Gasteiger partial charge in [0.2, 0.25) is 0 Å². The zero-order chi connectivity index (χ0) is 14.0. The maximum absolute atomic E-state index is 13.4. The van der Waals surface area contributed by atoms with Crippen LogP contribution in [0, 0.1) is 5.82 Å². The number of thiophene rings is 1. The van der Waals surface area contributed by atoms with Crippen molar-refractivity contribution in [2.24, 2.45) is 5.73 Å². The Balaban J connectivity index is 2.26. The summed E-state index contributed by atoms with van der Waals surface area (Å²) in [5.74, 6) is -0.193. The molecule has 0 amide bonds. The van der Waals surface area contributed by atoms with Crippen LogP contribution in [0.15, 0.2) is 28.7 Å². The molecule has 2 nitrogen and oxygen atoms in total. The van der Waals surface area contributed by atoms with Crippen LogP contribution >= 0.6 is 50.5 Å². The summed E-state index contributed by atoms with van der Waals surface area (Å²) >= 11 is 16.2. The van der Waals surface area contributed by atoms with E-state index in [1.54, 1.807) is 6.07 Å². The van der Waals surface area contributed by atoms with E-state index in [0.717, 1.165) is 4.88 Å². The summed E-state index contributed by atoms with van der Waals surface area (Å²) in [5.41, 5.74) is 5.68. The molecule has 2 rings (SSSR count). The van der Waals surface area contributed by atoms with Gasteiger partial charge < -0.3 is 10.5 Å². The maximum atomic E-state index is 13.4. The third-order valence-electron chi connectivity index (χ3n) is 2.37. The highest BCUT2D eigenvalue weighted by molar-refractivity contribution is 9.10. The molecule has 7 heteroatoms. The standard InChI is InChI=1S/C12H9BrCl2FNOS/c13-6-3-7(14)8(16)4-9(6)18-10(5-17)11-1-2-12(15)19-11/h1-4,10H,5,17H2. The van der Waals surface area contributed by atoms with Gasteiger partial charge in [0.05, 0.1) is 13.8 Å². The number of benzene rings is 1. The first-order valence-electron chi connectivity index (χ1n) is 5.27. The van der Waals surface area contributed by atoms with E-state index in [1.807, 2.05) is 6.07 Å². The van der Waals surface area contributed by atoms with E-state index < -0.39 is 5.82 Å². The molecule has 2 aromatic rings. The van der Waals surface area contributed by atoms with Gasteiger partial charge in [-0.25, -0.2) is 4.39 Å². The molecule has 0 aliphatic carbocycles. The second kappa shape index (κ2) is 6.41. The molecule has 1 atom stereocenters. The lowest BCUT2D eigenvalue weighted by Gasteiger charge is -2.17. The number of hydrogen-bond donors (Lipinski definition) is 1. The molecule has 19 heavy (non-hydrogen) atoms. The summed E-state index contributed by atoms with van der Waals surface area (Å²) < 4.78 is 20.4. The fraction of sp³-hybridized carbons (Fsp3) is 0.167. The van der Waals surface area contributed by atoms with Crippen LogP contribution in [-0.4, -0.2) is 6.54 Å². The van der Waals surface area contributed by atoms with Gasteiger partial charge >= 0.3 is 0 Å². The first kappa shape index (κ1) is 15.1. The van der Waals surface area contributed by atoms with E-state index >= 15 is 0 Å². The van der Waals surface area contributed by atoms with Crippen molar-refractivity contribution in [3.05, 3.63) is 48.8 Å². The van der Waals surface area contributed by atoms with Crippen LogP contribution in [0.1, 0.15) is 11.0 Å². The van der Waals surface area contributed by atoms with Crippen molar-refractivity contribution in [3.8, 4) is 5.75 Å². The van der Waals surface area contributed by atoms with Gasteiger partial charge in [-0.1, -0.05) is 23.2 Å². The number of hydrogen-bond acceptors (Lipinski definition) is 3. The third-order valence-corrected chi connectivity index (χ3v) is 4.60. The van der Waals surface area contributed by atoms with Crippen LogP contribution in [0.3, 0.4) is 0 Å². The zero-order valence-corrected chi connectivity index (χ0v) is 13.4. The first-order valence-corrected chi connectivity index (χ1v) is 7.64. The average molecular weight is 385 g/mol. The molecule has 0 bridgehead atoms. The highest BCUT2D eigenvalue weighted by Gasteiger charge is 2.17. The second-order valence-corrected chi connectivity index (χ2v) is 6.69. The van der Waals surface area contributed by atoms with Crippen molar-refractivity contribution < 1.29 is 9.13 Å². The molecule has 0 aliphatic rings. The normalized spacial score (nSPS) is 12.5. The van der Waals surface area contributed by atoms with Crippen LogP contribution in [0.5, 0.6) is 5.75 Å². The molecule has 1 aromatic heterocycles. The topological polar surface area (TPSA) is 35.2 Å². The second-order valence-electron chi connectivity index (χ2n) is 3.68. The lowest BCUT2D eigenvalue weighted by Crippen LogP contribution is -2.17. The molecular formula is C12H9BrCl2FNOS. The quantitative estimate of drug-likeness (QED) is 0.749. The summed E-state index contributed by atoms with van der Waals surface area (Å²) in [6.07, 6.45) is -0.380. The minimum atomic E-state index is -0.542. The Hall–Kier alpha value is -0.330. The van der Waals surface area contributed by atoms with Gasteiger partial charge in [-0.2, -0.15) is 0 Å². The molecule has 1 heterocycles. The highest BCUT2D eigenvalue weighted by atomic mass is 79.9. The summed E-state index contributed by atoms with van der Waals surface area (Å²) in [6.45, 7) is 0.257. The molecular weight excluding hydrogens is 376 g/mol. The minimum Gasteiger partial charge on any atom is -0.482 e. The summed E-state index contributed by atoms with van der Waals surface area (Å²) in [7, 11) is 0. The van der Waals surface area contributed by atoms with Crippen molar-refractivity contribution in [2.45, 2.75) is 6.10 Å². The Labute approximate surface area is 132 Å². The fourth-order valence-electron chi connectivity index (χ4n) is 1.47. The van der Waals surface area contributed by atoms with Gasteiger partial charge in [0.15, 0.2) is 0 Å². The molecule has 2 N–H and O–H groups in total. The van der Waals surface area contributed by atoms with Crippen molar-refractivity contribution in [1.29, 1.82) is 0 Å². The van der Waals surface area contributed by atoms with Gasteiger partial charge in [-0.3, -0.25) is 0 Å². The van der Waals surface area contributed by atoms with E-state index in [9.17, 15) is 4.39 Å². The Bertz CT molecular complexity index is 593. The van der Waals surface area contributed by atoms with E-state index in [1.165, 1.54) is 23.5 Å². The molecule has 0 aliphatic heterocycles. The van der Waals surface area contributed by atoms with Crippen LogP contribution in [0.2, 0.25) is 9.36 Å². The Kier molecular flexibility index (Phi) is 5.09. The number of ether oxygens (including phenoxy) is 1. The largest absolute Gasteiger partial charge is 0.482 e. The molecule has 0 fully saturated rings. The lowest BCUT2D eigenvalue weighted by atomic mass is 10.2. The van der Waals surface area contributed by atoms with Crippen molar-refractivity contribution in [1.82, 2.24) is 0 Å². The van der Waals surface area contributed by atoms with Gasteiger partial charge in [0.1, 0.15) is 17.7 Å². The molecule has 0 radical (unpaired) electrons. The third kappa shape index (κ3) is 3.61. The van der Waals surface area contributed by atoms with E-state index in [2.05, 4.69) is 15.9 Å². The highest BCUT2D eigenvalue weighted by Crippen LogP contribution is 2.35. The van der Waals surface area contributed by atoms with Gasteiger partial charge in [-0.15, -0.1) is 11.3 Å². The van der Waals surface area contributed by atoms with Gasteiger partial charge in [0, 0.05) is 17.5 Å². The lowest BCUT2D eigenvalue weighted by molar-refractivity contribution is 0.215. The summed E-state index contributed by atoms with van der Waals surface area (Å²) in [5, 5.41) is 0.0303. The van der Waals surface area contributed by atoms with E-state index in [-0.39, 0.29) is 17.7 Å². The molecule has 0 saturated carbocycles. The fourth-order valence-corrected chi connectivity index (χ4v) is 3.31.